The smallest absolute Gasteiger partial charge is 0.102 e. The fourth-order valence-electron chi connectivity index (χ4n) is 1.64. The van der Waals surface area contributed by atoms with Gasteiger partial charge >= 0.3 is 0 Å². The predicted molar refractivity (Wildman–Crippen MR) is 72.5 cm³/mol. The lowest BCUT2D eigenvalue weighted by molar-refractivity contribution is 0.685. The van der Waals surface area contributed by atoms with Gasteiger partial charge in [0.1, 0.15) is 10.1 Å². The van der Waals surface area contributed by atoms with Crippen LogP contribution in [0.1, 0.15) is 18.4 Å². The summed E-state index contributed by atoms with van der Waals surface area (Å²) in [4.78, 5) is 8.73. The fraction of sp³-hybridized carbons (Fsp3) is 0.286. The van der Waals surface area contributed by atoms with Gasteiger partial charge in [-0.15, -0.1) is 0 Å². The molecule has 1 N–H and O–H groups in total. The Kier molecular flexibility index (Phi) is 3.57. The molecule has 1 saturated carbocycles. The van der Waals surface area contributed by atoms with Crippen molar-refractivity contribution in [2.45, 2.75) is 35.5 Å². The van der Waals surface area contributed by atoms with Gasteiger partial charge in [-0.2, -0.15) is 0 Å². The molecule has 92 valence electrons. The van der Waals surface area contributed by atoms with Gasteiger partial charge in [-0.25, -0.2) is 9.97 Å². The first-order valence-electron chi connectivity index (χ1n) is 6.17. The third kappa shape index (κ3) is 3.31. The molecule has 3 rings (SSSR count). The zero-order valence-electron chi connectivity index (χ0n) is 10.0. The minimum absolute atomic E-state index is 0.743. The van der Waals surface area contributed by atoms with Gasteiger partial charge in [0.15, 0.2) is 0 Å². The Labute approximate surface area is 111 Å². The lowest BCUT2D eigenvalue weighted by Crippen LogP contribution is -2.15. The molecule has 1 aliphatic carbocycles. The Morgan fingerprint density at radius 2 is 2.00 bits per heavy atom. The van der Waals surface area contributed by atoms with Gasteiger partial charge in [-0.05, 0) is 36.6 Å². The van der Waals surface area contributed by atoms with E-state index >= 15 is 0 Å². The molecule has 2 aromatic heterocycles. The summed E-state index contributed by atoms with van der Waals surface area (Å²) in [6.07, 6.45) is 6.39. The van der Waals surface area contributed by atoms with Gasteiger partial charge in [0, 0.05) is 25.0 Å². The predicted octanol–water partition coefficient (Wildman–Crippen LogP) is 2.88. The third-order valence-corrected chi connectivity index (χ3v) is 3.72. The highest BCUT2D eigenvalue weighted by atomic mass is 32.2. The van der Waals surface area contributed by atoms with Crippen molar-refractivity contribution in [1.29, 1.82) is 0 Å². The lowest BCUT2D eigenvalue weighted by Gasteiger charge is -2.04. The van der Waals surface area contributed by atoms with E-state index in [1.54, 1.807) is 18.0 Å². The molecular weight excluding hydrogens is 242 g/mol. The van der Waals surface area contributed by atoms with Crippen LogP contribution in [0.5, 0.6) is 0 Å². The molecule has 0 unspecified atom stereocenters. The van der Waals surface area contributed by atoms with Gasteiger partial charge in [-0.1, -0.05) is 23.9 Å². The van der Waals surface area contributed by atoms with Gasteiger partial charge < -0.3 is 5.32 Å². The molecule has 0 atom stereocenters. The summed E-state index contributed by atoms with van der Waals surface area (Å²) in [5, 5.41) is 5.45. The number of nitrogens with zero attached hydrogens (tertiary/aromatic N) is 2. The normalized spacial score (nSPS) is 14.7. The van der Waals surface area contributed by atoms with Crippen LogP contribution >= 0.6 is 11.8 Å². The Hall–Kier alpha value is -1.39. The Balaban J connectivity index is 1.59. The van der Waals surface area contributed by atoms with Crippen LogP contribution in [0.25, 0.3) is 0 Å². The monoisotopic (exact) mass is 257 g/mol. The first kappa shape index (κ1) is 11.7. The molecule has 2 heterocycles. The number of nitrogens with one attached hydrogen (secondary N) is 1. The summed E-state index contributed by atoms with van der Waals surface area (Å²) < 4.78 is 0. The molecule has 0 spiro atoms. The van der Waals surface area contributed by atoms with E-state index in [0.29, 0.717) is 0 Å². The van der Waals surface area contributed by atoms with Crippen molar-refractivity contribution in [3.8, 4) is 0 Å². The van der Waals surface area contributed by atoms with Crippen LogP contribution in [0.4, 0.5) is 0 Å². The van der Waals surface area contributed by atoms with Crippen LogP contribution in [0.15, 0.2) is 52.8 Å². The Morgan fingerprint density at radius 3 is 2.67 bits per heavy atom. The molecule has 0 aliphatic heterocycles. The molecule has 2 aromatic rings. The molecule has 18 heavy (non-hydrogen) atoms. The number of hydrogen-bond acceptors (Lipinski definition) is 4. The maximum Gasteiger partial charge on any atom is 0.102 e. The van der Waals surface area contributed by atoms with Crippen LogP contribution in [0.2, 0.25) is 0 Å². The quantitative estimate of drug-likeness (QED) is 0.893. The summed E-state index contributed by atoms with van der Waals surface area (Å²) in [6, 6.07) is 10.8. The van der Waals surface area contributed by atoms with Crippen LogP contribution in [0.3, 0.4) is 0 Å². The maximum absolute atomic E-state index is 4.46. The molecule has 0 radical (unpaired) electrons. The molecule has 3 nitrogen and oxygen atoms in total. The first-order chi connectivity index (χ1) is 8.90. The van der Waals surface area contributed by atoms with E-state index in [0.717, 1.165) is 22.6 Å². The van der Waals surface area contributed by atoms with Crippen molar-refractivity contribution < 1.29 is 0 Å². The van der Waals surface area contributed by atoms with E-state index in [1.165, 1.54) is 18.4 Å². The summed E-state index contributed by atoms with van der Waals surface area (Å²) >= 11 is 1.59. The van der Waals surface area contributed by atoms with Gasteiger partial charge in [0.05, 0.1) is 0 Å². The molecule has 0 saturated heterocycles. The van der Waals surface area contributed by atoms with Crippen molar-refractivity contribution in [3.63, 3.8) is 0 Å². The minimum Gasteiger partial charge on any atom is -0.310 e. The minimum atomic E-state index is 0.743. The summed E-state index contributed by atoms with van der Waals surface area (Å²) in [7, 11) is 0. The topological polar surface area (TPSA) is 37.8 Å². The van der Waals surface area contributed by atoms with Crippen molar-refractivity contribution in [2.75, 3.05) is 0 Å². The Bertz CT molecular complexity index is 494. The second-order valence-electron chi connectivity index (χ2n) is 4.43. The summed E-state index contributed by atoms with van der Waals surface area (Å²) in [6.45, 7) is 0.923. The lowest BCUT2D eigenvalue weighted by atomic mass is 10.3. The van der Waals surface area contributed by atoms with Crippen molar-refractivity contribution in [3.05, 3.63) is 48.3 Å². The van der Waals surface area contributed by atoms with E-state index in [9.17, 15) is 0 Å². The van der Waals surface area contributed by atoms with Crippen molar-refractivity contribution in [1.82, 2.24) is 15.3 Å². The standard InChI is InChI=1S/C14H15N3S/c1-2-8-15-13(3-1)18-14-7-4-11(10-17-14)9-16-12-5-6-12/h1-4,7-8,10,12,16H,5-6,9H2. The second kappa shape index (κ2) is 5.50. The van der Waals surface area contributed by atoms with Crippen LogP contribution in [0, 0.1) is 0 Å². The van der Waals surface area contributed by atoms with E-state index in [1.807, 2.05) is 24.4 Å². The largest absolute Gasteiger partial charge is 0.310 e. The zero-order valence-corrected chi connectivity index (χ0v) is 10.9. The molecular formula is C14H15N3S. The maximum atomic E-state index is 4.46. The number of pyridine rings is 2. The van der Waals surface area contributed by atoms with E-state index in [-0.39, 0.29) is 0 Å². The van der Waals surface area contributed by atoms with E-state index < -0.39 is 0 Å². The number of rotatable bonds is 5. The summed E-state index contributed by atoms with van der Waals surface area (Å²) in [5.74, 6) is 0. The van der Waals surface area contributed by atoms with Crippen molar-refractivity contribution in [2.24, 2.45) is 0 Å². The molecule has 4 heteroatoms. The molecule has 1 fully saturated rings. The van der Waals surface area contributed by atoms with Crippen LogP contribution in [-0.4, -0.2) is 16.0 Å². The number of hydrogen-bond donors (Lipinski definition) is 1. The van der Waals surface area contributed by atoms with Crippen LogP contribution < -0.4 is 5.32 Å². The van der Waals surface area contributed by atoms with Gasteiger partial charge in [0.25, 0.3) is 0 Å². The SMILES string of the molecule is c1ccc(Sc2ccc(CNC3CC3)cn2)nc1. The zero-order chi connectivity index (χ0) is 12.2. The molecule has 1 aliphatic rings. The molecule has 0 aromatic carbocycles. The highest BCUT2D eigenvalue weighted by Crippen LogP contribution is 2.23. The average Bonchev–Trinajstić information content (AvgIpc) is 3.23. The molecule has 0 amide bonds. The average molecular weight is 257 g/mol. The number of aromatic nitrogens is 2. The van der Waals surface area contributed by atoms with Crippen LogP contribution in [-0.2, 0) is 6.54 Å². The Morgan fingerprint density at radius 1 is 1.11 bits per heavy atom. The van der Waals surface area contributed by atoms with E-state index in [4.69, 9.17) is 0 Å². The van der Waals surface area contributed by atoms with E-state index in [2.05, 4.69) is 27.4 Å². The second-order valence-corrected chi connectivity index (χ2v) is 5.47. The summed E-state index contributed by atoms with van der Waals surface area (Å²) in [5.41, 5.74) is 1.24. The fourth-order valence-corrected chi connectivity index (χ4v) is 2.36. The first-order valence-corrected chi connectivity index (χ1v) is 6.99. The van der Waals surface area contributed by atoms with Crippen molar-refractivity contribution >= 4 is 11.8 Å². The molecule has 0 bridgehead atoms. The van der Waals surface area contributed by atoms with Gasteiger partial charge in [0.2, 0.25) is 0 Å². The van der Waals surface area contributed by atoms with Gasteiger partial charge in [-0.3, -0.25) is 0 Å². The highest BCUT2D eigenvalue weighted by molar-refractivity contribution is 7.99. The highest BCUT2D eigenvalue weighted by Gasteiger charge is 2.19. The third-order valence-electron chi connectivity index (χ3n) is 2.82.